The van der Waals surface area contributed by atoms with Crippen molar-refractivity contribution in [1.82, 2.24) is 14.8 Å². The molecule has 7 heteroatoms. The summed E-state index contributed by atoms with van der Waals surface area (Å²) in [5.41, 5.74) is 0. The Kier molecular flexibility index (Phi) is 4.50. The van der Waals surface area contributed by atoms with Crippen LogP contribution < -0.4 is 10.1 Å². The average molecular weight is 301 g/mol. The maximum Gasteiger partial charge on any atom is 0.240 e. The number of anilines is 1. The Morgan fingerprint density at radius 1 is 1.37 bits per heavy atom. The van der Waals surface area contributed by atoms with Crippen molar-refractivity contribution in [2.75, 3.05) is 12.4 Å². The van der Waals surface area contributed by atoms with Crippen molar-refractivity contribution in [3.63, 3.8) is 0 Å². The summed E-state index contributed by atoms with van der Waals surface area (Å²) in [7, 11) is 1.73. The van der Waals surface area contributed by atoms with Gasteiger partial charge in [-0.3, -0.25) is 4.68 Å². The molecule has 0 aliphatic carbocycles. The third-order valence-electron chi connectivity index (χ3n) is 2.41. The first-order valence-electron chi connectivity index (χ1n) is 5.88. The summed E-state index contributed by atoms with van der Waals surface area (Å²) in [5, 5.41) is 7.84. The lowest BCUT2D eigenvalue weighted by molar-refractivity contribution is 0.462. The van der Waals surface area contributed by atoms with Gasteiger partial charge in [0.1, 0.15) is 10.8 Å². The molecule has 2 rings (SSSR count). The van der Waals surface area contributed by atoms with Gasteiger partial charge in [-0.1, -0.05) is 30.1 Å². The standard InChI is InChI=1S/C12H14Cl2N4O/c1-3-4-18-7-8(6-16-18)19-12-10(14)5-9(13)11(15-2)17-12/h5-7H,3-4H2,1-2H3,(H,15,17). The fourth-order valence-corrected chi connectivity index (χ4v) is 2.05. The first-order valence-corrected chi connectivity index (χ1v) is 6.63. The molecule has 0 saturated carbocycles. The smallest absolute Gasteiger partial charge is 0.240 e. The van der Waals surface area contributed by atoms with Gasteiger partial charge < -0.3 is 10.1 Å². The number of rotatable bonds is 5. The minimum atomic E-state index is 0.298. The van der Waals surface area contributed by atoms with Crippen LogP contribution in [-0.2, 0) is 6.54 Å². The summed E-state index contributed by atoms with van der Waals surface area (Å²) in [5.74, 6) is 1.40. The SMILES string of the molecule is CCCn1cc(Oc2nc(NC)c(Cl)cc2Cl)cn1. The molecule has 0 aliphatic heterocycles. The predicted molar refractivity (Wildman–Crippen MR) is 76.4 cm³/mol. The molecule has 0 aliphatic rings. The van der Waals surface area contributed by atoms with Crippen LogP contribution >= 0.6 is 23.2 Å². The fraction of sp³-hybridized carbons (Fsp3) is 0.333. The Hall–Kier alpha value is -1.46. The van der Waals surface area contributed by atoms with Gasteiger partial charge in [-0.2, -0.15) is 10.1 Å². The summed E-state index contributed by atoms with van der Waals surface area (Å²) in [4.78, 5) is 4.21. The summed E-state index contributed by atoms with van der Waals surface area (Å²) in [6.07, 6.45) is 4.43. The lowest BCUT2D eigenvalue weighted by Crippen LogP contribution is -1.97. The normalized spacial score (nSPS) is 10.5. The van der Waals surface area contributed by atoms with Crippen molar-refractivity contribution in [2.24, 2.45) is 0 Å². The number of halogens is 2. The number of hydrogen-bond donors (Lipinski definition) is 1. The van der Waals surface area contributed by atoms with Crippen LogP contribution in [0.3, 0.4) is 0 Å². The van der Waals surface area contributed by atoms with Crippen molar-refractivity contribution < 1.29 is 4.74 Å². The third-order valence-corrected chi connectivity index (χ3v) is 2.97. The average Bonchev–Trinajstić information content (AvgIpc) is 2.81. The van der Waals surface area contributed by atoms with Crippen LogP contribution in [0.25, 0.3) is 0 Å². The van der Waals surface area contributed by atoms with Crippen molar-refractivity contribution in [3.05, 3.63) is 28.5 Å². The van der Waals surface area contributed by atoms with E-state index in [9.17, 15) is 0 Å². The second-order valence-corrected chi connectivity index (χ2v) is 4.71. The quantitative estimate of drug-likeness (QED) is 0.912. The van der Waals surface area contributed by atoms with E-state index in [4.69, 9.17) is 27.9 Å². The lowest BCUT2D eigenvalue weighted by Gasteiger charge is -2.08. The van der Waals surface area contributed by atoms with Gasteiger partial charge in [0.25, 0.3) is 0 Å². The first-order chi connectivity index (χ1) is 9.13. The van der Waals surface area contributed by atoms with Crippen LogP contribution in [-0.4, -0.2) is 21.8 Å². The Morgan fingerprint density at radius 2 is 2.16 bits per heavy atom. The van der Waals surface area contributed by atoms with Crippen molar-refractivity contribution in [2.45, 2.75) is 19.9 Å². The summed E-state index contributed by atoms with van der Waals surface area (Å²) in [6.45, 7) is 2.92. The number of aryl methyl sites for hydroxylation is 1. The minimum Gasteiger partial charge on any atom is -0.434 e. The van der Waals surface area contributed by atoms with Gasteiger partial charge in [-0.05, 0) is 12.5 Å². The maximum atomic E-state index is 6.05. The first kappa shape index (κ1) is 14.0. The molecule has 0 aromatic carbocycles. The molecule has 0 saturated heterocycles. The van der Waals surface area contributed by atoms with E-state index in [2.05, 4.69) is 22.3 Å². The molecule has 0 atom stereocenters. The zero-order chi connectivity index (χ0) is 13.8. The van der Waals surface area contributed by atoms with E-state index in [1.807, 2.05) is 0 Å². The molecule has 102 valence electrons. The Labute approximate surface area is 121 Å². The van der Waals surface area contributed by atoms with Gasteiger partial charge in [0, 0.05) is 13.6 Å². The summed E-state index contributed by atoms with van der Waals surface area (Å²) < 4.78 is 7.41. The molecule has 0 bridgehead atoms. The van der Waals surface area contributed by atoms with Gasteiger partial charge in [-0.15, -0.1) is 0 Å². The zero-order valence-electron chi connectivity index (χ0n) is 10.7. The topological polar surface area (TPSA) is 52.0 Å². The number of nitrogens with zero attached hydrogens (tertiary/aromatic N) is 3. The lowest BCUT2D eigenvalue weighted by atomic mass is 10.4. The van der Waals surface area contributed by atoms with Gasteiger partial charge in [-0.25, -0.2) is 0 Å². The Balaban J connectivity index is 2.22. The number of pyridine rings is 1. The van der Waals surface area contributed by atoms with Crippen LogP contribution in [0.15, 0.2) is 18.5 Å². The van der Waals surface area contributed by atoms with E-state index in [0.29, 0.717) is 27.5 Å². The van der Waals surface area contributed by atoms with E-state index >= 15 is 0 Å². The molecule has 0 radical (unpaired) electrons. The van der Waals surface area contributed by atoms with E-state index in [0.717, 1.165) is 13.0 Å². The second-order valence-electron chi connectivity index (χ2n) is 3.90. The zero-order valence-corrected chi connectivity index (χ0v) is 12.2. The number of aromatic nitrogens is 3. The van der Waals surface area contributed by atoms with Crippen molar-refractivity contribution >= 4 is 29.0 Å². The van der Waals surface area contributed by atoms with Crippen molar-refractivity contribution in [3.8, 4) is 11.6 Å². The Morgan fingerprint density at radius 3 is 2.84 bits per heavy atom. The molecule has 2 heterocycles. The number of nitrogens with one attached hydrogen (secondary N) is 1. The van der Waals surface area contributed by atoms with E-state index in [1.54, 1.807) is 30.2 Å². The van der Waals surface area contributed by atoms with Crippen LogP contribution in [0.2, 0.25) is 10.0 Å². The van der Waals surface area contributed by atoms with Gasteiger partial charge in [0.15, 0.2) is 5.75 Å². The molecule has 0 unspecified atom stereocenters. The van der Waals surface area contributed by atoms with E-state index < -0.39 is 0 Å². The highest BCUT2D eigenvalue weighted by molar-refractivity contribution is 6.36. The minimum absolute atomic E-state index is 0.298. The molecular formula is C12H14Cl2N4O. The molecule has 0 fully saturated rings. The van der Waals surface area contributed by atoms with Crippen molar-refractivity contribution in [1.29, 1.82) is 0 Å². The second kappa shape index (κ2) is 6.12. The van der Waals surface area contributed by atoms with E-state index in [-0.39, 0.29) is 0 Å². The van der Waals surface area contributed by atoms with Gasteiger partial charge in [0.05, 0.1) is 17.4 Å². The molecule has 2 aromatic heterocycles. The fourth-order valence-electron chi connectivity index (χ4n) is 1.56. The number of hydrogen-bond acceptors (Lipinski definition) is 4. The monoisotopic (exact) mass is 300 g/mol. The molecule has 2 aromatic rings. The number of ether oxygens (including phenoxy) is 1. The highest BCUT2D eigenvalue weighted by Gasteiger charge is 2.11. The predicted octanol–water partition coefficient (Wildman–Crippen LogP) is 3.83. The summed E-state index contributed by atoms with van der Waals surface area (Å²) in [6, 6.07) is 1.59. The van der Waals surface area contributed by atoms with Crippen LogP contribution in [0.1, 0.15) is 13.3 Å². The van der Waals surface area contributed by atoms with Crippen LogP contribution in [0.4, 0.5) is 5.82 Å². The van der Waals surface area contributed by atoms with Gasteiger partial charge >= 0.3 is 0 Å². The van der Waals surface area contributed by atoms with Crippen LogP contribution in [0.5, 0.6) is 11.6 Å². The molecular weight excluding hydrogens is 287 g/mol. The largest absolute Gasteiger partial charge is 0.434 e. The van der Waals surface area contributed by atoms with Crippen LogP contribution in [0, 0.1) is 0 Å². The molecule has 1 N–H and O–H groups in total. The Bertz CT molecular complexity index is 571. The highest BCUT2D eigenvalue weighted by Crippen LogP contribution is 2.33. The highest BCUT2D eigenvalue weighted by atomic mass is 35.5. The molecule has 0 spiro atoms. The summed E-state index contributed by atoms with van der Waals surface area (Å²) >= 11 is 12.0. The molecule has 19 heavy (non-hydrogen) atoms. The molecule has 5 nitrogen and oxygen atoms in total. The third kappa shape index (κ3) is 3.30. The van der Waals surface area contributed by atoms with E-state index in [1.165, 1.54) is 0 Å². The van der Waals surface area contributed by atoms with Gasteiger partial charge in [0.2, 0.25) is 5.88 Å². The maximum absolute atomic E-state index is 6.05. The molecule has 0 amide bonds.